The molecule has 0 bridgehead atoms. The minimum atomic E-state index is -0.591. The van der Waals surface area contributed by atoms with Crippen LogP contribution in [0.1, 0.15) is 18.9 Å². The molecule has 16 heavy (non-hydrogen) atoms. The lowest BCUT2D eigenvalue weighted by molar-refractivity contribution is -0.384. The van der Waals surface area contributed by atoms with Crippen molar-refractivity contribution in [3.05, 3.63) is 33.9 Å². The standard InChI is InChI=1S/C10H9N3O3/c1-2-10(14)12-9-4-3-8(13(15)16)5-7(9)6-11/h3-5H,2H2,1H3,(H,12,14). The van der Waals surface area contributed by atoms with Crippen LogP contribution in [0.4, 0.5) is 11.4 Å². The van der Waals surface area contributed by atoms with Gasteiger partial charge in [-0.25, -0.2) is 0 Å². The fourth-order valence-corrected chi connectivity index (χ4v) is 1.09. The fraction of sp³-hybridized carbons (Fsp3) is 0.200. The van der Waals surface area contributed by atoms with Crippen molar-refractivity contribution in [3.63, 3.8) is 0 Å². The molecule has 1 amide bonds. The van der Waals surface area contributed by atoms with Gasteiger partial charge in [0.15, 0.2) is 0 Å². The summed E-state index contributed by atoms with van der Waals surface area (Å²) in [5.74, 6) is -0.245. The molecule has 1 aromatic carbocycles. The number of non-ortho nitro benzene ring substituents is 1. The Labute approximate surface area is 91.6 Å². The number of hydrogen-bond acceptors (Lipinski definition) is 4. The molecule has 0 saturated heterocycles. The first-order valence-corrected chi connectivity index (χ1v) is 4.57. The second-order valence-electron chi connectivity index (χ2n) is 3.00. The average molecular weight is 219 g/mol. The van der Waals surface area contributed by atoms with Crippen LogP contribution in [0.25, 0.3) is 0 Å². The Morgan fingerprint density at radius 2 is 2.31 bits per heavy atom. The van der Waals surface area contributed by atoms with Crippen LogP contribution in [0.3, 0.4) is 0 Å². The van der Waals surface area contributed by atoms with Gasteiger partial charge in [-0.3, -0.25) is 14.9 Å². The number of anilines is 1. The summed E-state index contributed by atoms with van der Waals surface area (Å²) < 4.78 is 0. The van der Waals surface area contributed by atoms with Crippen LogP contribution in [0.5, 0.6) is 0 Å². The molecule has 1 aromatic rings. The highest BCUT2D eigenvalue weighted by molar-refractivity contribution is 5.92. The molecule has 1 rings (SSSR count). The van der Waals surface area contributed by atoms with Gasteiger partial charge >= 0.3 is 0 Å². The molecule has 0 radical (unpaired) electrons. The van der Waals surface area contributed by atoms with E-state index in [0.717, 1.165) is 6.07 Å². The molecule has 6 nitrogen and oxygen atoms in total. The van der Waals surface area contributed by atoms with E-state index in [1.807, 2.05) is 0 Å². The fourth-order valence-electron chi connectivity index (χ4n) is 1.09. The van der Waals surface area contributed by atoms with Crippen molar-refractivity contribution >= 4 is 17.3 Å². The van der Waals surface area contributed by atoms with E-state index in [4.69, 9.17) is 5.26 Å². The van der Waals surface area contributed by atoms with E-state index >= 15 is 0 Å². The molecule has 0 atom stereocenters. The minimum Gasteiger partial charge on any atom is -0.325 e. The monoisotopic (exact) mass is 219 g/mol. The van der Waals surface area contributed by atoms with Crippen LogP contribution in [-0.2, 0) is 4.79 Å². The zero-order chi connectivity index (χ0) is 12.1. The number of rotatable bonds is 3. The highest BCUT2D eigenvalue weighted by Crippen LogP contribution is 2.21. The number of nitrogens with zero attached hydrogens (tertiary/aromatic N) is 2. The minimum absolute atomic E-state index is 0.0796. The Hall–Kier alpha value is -2.42. The van der Waals surface area contributed by atoms with Gasteiger partial charge in [0, 0.05) is 18.6 Å². The lowest BCUT2D eigenvalue weighted by Gasteiger charge is -2.04. The first-order valence-electron chi connectivity index (χ1n) is 4.57. The molecule has 0 saturated carbocycles. The van der Waals surface area contributed by atoms with Crippen LogP contribution >= 0.6 is 0 Å². The van der Waals surface area contributed by atoms with Crippen molar-refractivity contribution in [3.8, 4) is 6.07 Å². The molecule has 1 N–H and O–H groups in total. The molecule has 0 aliphatic carbocycles. The summed E-state index contributed by atoms with van der Waals surface area (Å²) in [5, 5.41) is 21.7. The molecular weight excluding hydrogens is 210 g/mol. The van der Waals surface area contributed by atoms with Crippen LogP contribution in [0.15, 0.2) is 18.2 Å². The van der Waals surface area contributed by atoms with Crippen molar-refractivity contribution in [1.82, 2.24) is 0 Å². The summed E-state index contributed by atoms with van der Waals surface area (Å²) in [6.45, 7) is 1.67. The Balaban J connectivity index is 3.08. The summed E-state index contributed by atoms with van der Waals surface area (Å²) in [5.41, 5.74) is 0.196. The van der Waals surface area contributed by atoms with Crippen molar-refractivity contribution in [2.24, 2.45) is 0 Å². The number of benzene rings is 1. The predicted molar refractivity (Wildman–Crippen MR) is 56.7 cm³/mol. The number of nitriles is 1. The summed E-state index contributed by atoms with van der Waals surface area (Å²) in [7, 11) is 0. The normalized spacial score (nSPS) is 9.25. The first kappa shape index (κ1) is 11.7. The second kappa shape index (κ2) is 4.89. The van der Waals surface area contributed by atoms with Gasteiger partial charge in [0.1, 0.15) is 6.07 Å². The van der Waals surface area contributed by atoms with Crippen LogP contribution in [-0.4, -0.2) is 10.8 Å². The lowest BCUT2D eigenvalue weighted by Crippen LogP contribution is -2.10. The van der Waals surface area contributed by atoms with Crippen molar-refractivity contribution in [2.75, 3.05) is 5.32 Å². The van der Waals surface area contributed by atoms with Crippen LogP contribution < -0.4 is 5.32 Å². The number of nitro groups is 1. The molecule has 0 fully saturated rings. The number of hydrogen-bond donors (Lipinski definition) is 1. The van der Waals surface area contributed by atoms with Gasteiger partial charge in [-0.05, 0) is 6.07 Å². The van der Waals surface area contributed by atoms with Crippen LogP contribution in [0.2, 0.25) is 0 Å². The van der Waals surface area contributed by atoms with Crippen molar-refractivity contribution < 1.29 is 9.72 Å². The molecule has 6 heteroatoms. The number of carbonyl (C=O) groups excluding carboxylic acids is 1. The second-order valence-corrected chi connectivity index (χ2v) is 3.00. The maximum Gasteiger partial charge on any atom is 0.270 e. The maximum absolute atomic E-state index is 11.1. The van der Waals surface area contributed by atoms with E-state index < -0.39 is 4.92 Å². The third-order valence-corrected chi connectivity index (χ3v) is 1.93. The van der Waals surface area contributed by atoms with Gasteiger partial charge in [0.2, 0.25) is 5.91 Å². The largest absolute Gasteiger partial charge is 0.325 e. The molecule has 82 valence electrons. The number of amides is 1. The van der Waals surface area contributed by atoms with E-state index in [1.54, 1.807) is 13.0 Å². The van der Waals surface area contributed by atoms with Gasteiger partial charge in [-0.2, -0.15) is 5.26 Å². The highest BCUT2D eigenvalue weighted by atomic mass is 16.6. The zero-order valence-electron chi connectivity index (χ0n) is 8.56. The third kappa shape index (κ3) is 2.54. The van der Waals surface area contributed by atoms with E-state index in [0.29, 0.717) is 5.69 Å². The Morgan fingerprint density at radius 1 is 1.62 bits per heavy atom. The number of nitro benzene ring substituents is 1. The zero-order valence-corrected chi connectivity index (χ0v) is 8.56. The molecule has 0 heterocycles. The average Bonchev–Trinajstić information content (AvgIpc) is 2.29. The smallest absolute Gasteiger partial charge is 0.270 e. The number of carbonyl (C=O) groups is 1. The van der Waals surface area contributed by atoms with E-state index in [1.165, 1.54) is 12.1 Å². The van der Waals surface area contributed by atoms with Crippen LogP contribution in [0, 0.1) is 21.4 Å². The van der Waals surface area contributed by atoms with Gasteiger partial charge in [-0.1, -0.05) is 6.92 Å². The summed E-state index contributed by atoms with van der Waals surface area (Å²) in [6, 6.07) is 5.52. The van der Waals surface area contributed by atoms with E-state index in [2.05, 4.69) is 5.32 Å². The molecule has 0 aliphatic heterocycles. The quantitative estimate of drug-likeness (QED) is 0.619. The van der Waals surface area contributed by atoms with Crippen molar-refractivity contribution in [1.29, 1.82) is 5.26 Å². The van der Waals surface area contributed by atoms with Gasteiger partial charge in [0.05, 0.1) is 16.2 Å². The SMILES string of the molecule is CCC(=O)Nc1ccc([N+](=O)[O-])cc1C#N. The number of nitrogens with one attached hydrogen (secondary N) is 1. The molecule has 0 aromatic heterocycles. The molecular formula is C10H9N3O3. The Morgan fingerprint density at radius 3 is 2.81 bits per heavy atom. The maximum atomic E-state index is 11.1. The third-order valence-electron chi connectivity index (χ3n) is 1.93. The van der Waals surface area contributed by atoms with Gasteiger partial charge < -0.3 is 5.32 Å². The summed E-state index contributed by atoms with van der Waals surface area (Å²) >= 11 is 0. The van der Waals surface area contributed by atoms with Crippen molar-refractivity contribution in [2.45, 2.75) is 13.3 Å². The van der Waals surface area contributed by atoms with E-state index in [-0.39, 0.29) is 23.6 Å². The molecule has 0 spiro atoms. The predicted octanol–water partition coefficient (Wildman–Crippen LogP) is 1.81. The molecule has 0 aliphatic rings. The first-order chi connectivity index (χ1) is 7.58. The summed E-state index contributed by atoms with van der Waals surface area (Å²) in [4.78, 5) is 21.0. The molecule has 0 unspecified atom stereocenters. The van der Waals surface area contributed by atoms with Gasteiger partial charge in [0.25, 0.3) is 5.69 Å². The highest BCUT2D eigenvalue weighted by Gasteiger charge is 2.11. The Kier molecular flexibility index (Phi) is 3.56. The van der Waals surface area contributed by atoms with E-state index in [9.17, 15) is 14.9 Å². The topological polar surface area (TPSA) is 96.0 Å². The van der Waals surface area contributed by atoms with Gasteiger partial charge in [-0.15, -0.1) is 0 Å². The Bertz CT molecular complexity index is 477. The lowest BCUT2D eigenvalue weighted by atomic mass is 10.1. The summed E-state index contributed by atoms with van der Waals surface area (Å²) in [6.07, 6.45) is 0.280.